The summed E-state index contributed by atoms with van der Waals surface area (Å²) in [6.45, 7) is 6.09. The van der Waals surface area contributed by atoms with Crippen LogP contribution in [0.1, 0.15) is 26.2 Å². The molecular formula is C11H21N3O. The highest BCUT2D eigenvalue weighted by molar-refractivity contribution is 5.81. The second kappa shape index (κ2) is 4.10. The van der Waals surface area contributed by atoms with Gasteiger partial charge in [-0.25, -0.2) is 0 Å². The van der Waals surface area contributed by atoms with E-state index in [1.807, 2.05) is 6.92 Å². The molecule has 0 aromatic carbocycles. The van der Waals surface area contributed by atoms with Crippen molar-refractivity contribution in [2.75, 3.05) is 26.2 Å². The summed E-state index contributed by atoms with van der Waals surface area (Å²) < 4.78 is 0. The lowest BCUT2D eigenvalue weighted by Gasteiger charge is -2.32. The number of nitrogens with two attached hydrogens (primary N) is 1. The van der Waals surface area contributed by atoms with Gasteiger partial charge >= 0.3 is 0 Å². The van der Waals surface area contributed by atoms with Gasteiger partial charge in [-0.05, 0) is 45.8 Å². The van der Waals surface area contributed by atoms with Crippen LogP contribution < -0.4 is 11.1 Å². The number of hydrogen-bond donors (Lipinski definition) is 2. The molecule has 2 aliphatic heterocycles. The highest BCUT2D eigenvalue weighted by Crippen LogP contribution is 2.32. The van der Waals surface area contributed by atoms with E-state index < -0.39 is 0 Å². The predicted octanol–water partition coefficient (Wildman–Crippen LogP) is -0.0643. The molecule has 15 heavy (non-hydrogen) atoms. The van der Waals surface area contributed by atoms with Gasteiger partial charge in [0.25, 0.3) is 0 Å². The molecule has 4 heteroatoms. The van der Waals surface area contributed by atoms with Gasteiger partial charge in [0.1, 0.15) is 0 Å². The smallest absolute Gasteiger partial charge is 0.224 e. The van der Waals surface area contributed by atoms with Gasteiger partial charge in [0.15, 0.2) is 0 Å². The van der Waals surface area contributed by atoms with Crippen molar-refractivity contribution in [3.05, 3.63) is 0 Å². The number of likely N-dealkylation sites (tertiary alicyclic amines) is 1. The number of hydrogen-bond acceptors (Lipinski definition) is 3. The number of piperidine rings is 1. The van der Waals surface area contributed by atoms with Crippen molar-refractivity contribution < 1.29 is 4.79 Å². The monoisotopic (exact) mass is 211 g/mol. The quantitative estimate of drug-likeness (QED) is 0.672. The maximum atomic E-state index is 11.3. The van der Waals surface area contributed by atoms with E-state index in [0.717, 1.165) is 32.6 Å². The van der Waals surface area contributed by atoms with Gasteiger partial charge in [0.2, 0.25) is 5.91 Å². The Hall–Kier alpha value is -0.610. The normalized spacial score (nSPS) is 34.5. The van der Waals surface area contributed by atoms with Crippen molar-refractivity contribution in [1.29, 1.82) is 0 Å². The molecule has 86 valence electrons. The van der Waals surface area contributed by atoms with Crippen LogP contribution in [0.25, 0.3) is 0 Å². The maximum absolute atomic E-state index is 11.3. The molecule has 0 aliphatic carbocycles. The zero-order valence-corrected chi connectivity index (χ0v) is 9.46. The fraction of sp³-hybridized carbons (Fsp3) is 0.909. The molecule has 1 amide bonds. The molecule has 0 radical (unpaired) electrons. The number of rotatable bonds is 2. The molecule has 2 rings (SSSR count). The molecule has 2 heterocycles. The molecule has 4 nitrogen and oxygen atoms in total. The Labute approximate surface area is 91.2 Å². The van der Waals surface area contributed by atoms with E-state index in [1.54, 1.807) is 0 Å². The zero-order valence-electron chi connectivity index (χ0n) is 9.46. The van der Waals surface area contributed by atoms with Gasteiger partial charge in [-0.15, -0.1) is 0 Å². The Morgan fingerprint density at radius 1 is 1.47 bits per heavy atom. The SMILES string of the molecule is CC1(C(N)=O)CCN(C2CCNCC2)C1. The molecular weight excluding hydrogens is 190 g/mol. The summed E-state index contributed by atoms with van der Waals surface area (Å²) >= 11 is 0. The minimum absolute atomic E-state index is 0.140. The van der Waals surface area contributed by atoms with Crippen molar-refractivity contribution in [3.8, 4) is 0 Å². The third-order valence-electron chi connectivity index (χ3n) is 3.92. The number of carbonyl (C=O) groups is 1. The molecule has 2 saturated heterocycles. The van der Waals surface area contributed by atoms with Crippen LogP contribution in [0.15, 0.2) is 0 Å². The first-order valence-corrected chi connectivity index (χ1v) is 5.86. The Morgan fingerprint density at radius 2 is 2.13 bits per heavy atom. The van der Waals surface area contributed by atoms with E-state index in [9.17, 15) is 4.79 Å². The van der Waals surface area contributed by atoms with Gasteiger partial charge in [-0.2, -0.15) is 0 Å². The first-order valence-electron chi connectivity index (χ1n) is 5.86. The first kappa shape index (κ1) is 10.9. The number of nitrogens with one attached hydrogen (secondary N) is 1. The second-order valence-corrected chi connectivity index (χ2v) is 5.13. The maximum Gasteiger partial charge on any atom is 0.224 e. The second-order valence-electron chi connectivity index (χ2n) is 5.13. The Morgan fingerprint density at radius 3 is 2.67 bits per heavy atom. The van der Waals surface area contributed by atoms with Crippen LogP contribution in [0.4, 0.5) is 0 Å². The lowest BCUT2D eigenvalue weighted by Crippen LogP contribution is -2.44. The lowest BCUT2D eigenvalue weighted by molar-refractivity contribution is -0.126. The Kier molecular flexibility index (Phi) is 2.98. The van der Waals surface area contributed by atoms with Crippen molar-refractivity contribution >= 4 is 5.91 Å². The third kappa shape index (κ3) is 2.16. The molecule has 0 aromatic rings. The van der Waals surface area contributed by atoms with E-state index in [4.69, 9.17) is 5.73 Å². The van der Waals surface area contributed by atoms with Crippen LogP contribution in [0.2, 0.25) is 0 Å². The van der Waals surface area contributed by atoms with Crippen LogP contribution in [-0.2, 0) is 4.79 Å². The molecule has 2 fully saturated rings. The van der Waals surface area contributed by atoms with Gasteiger partial charge in [-0.3, -0.25) is 9.69 Å². The average molecular weight is 211 g/mol. The Balaban J connectivity index is 1.94. The third-order valence-corrected chi connectivity index (χ3v) is 3.92. The van der Waals surface area contributed by atoms with Gasteiger partial charge in [-0.1, -0.05) is 0 Å². The molecule has 0 aromatic heterocycles. The summed E-state index contributed by atoms with van der Waals surface area (Å²) in [7, 11) is 0. The number of amides is 1. The van der Waals surface area contributed by atoms with E-state index in [-0.39, 0.29) is 11.3 Å². The Bertz CT molecular complexity index is 250. The van der Waals surface area contributed by atoms with Gasteiger partial charge < -0.3 is 11.1 Å². The van der Waals surface area contributed by atoms with Gasteiger partial charge in [0, 0.05) is 12.6 Å². The van der Waals surface area contributed by atoms with Gasteiger partial charge in [0.05, 0.1) is 5.41 Å². The van der Waals surface area contributed by atoms with Crippen LogP contribution in [0, 0.1) is 5.41 Å². The summed E-state index contributed by atoms with van der Waals surface area (Å²) in [5.74, 6) is -0.140. The van der Waals surface area contributed by atoms with Crippen LogP contribution in [0.3, 0.4) is 0 Å². The van der Waals surface area contributed by atoms with E-state index >= 15 is 0 Å². The van der Waals surface area contributed by atoms with E-state index in [0.29, 0.717) is 6.04 Å². The average Bonchev–Trinajstić information content (AvgIpc) is 2.64. The van der Waals surface area contributed by atoms with Crippen LogP contribution >= 0.6 is 0 Å². The van der Waals surface area contributed by atoms with E-state index in [1.165, 1.54) is 12.8 Å². The summed E-state index contributed by atoms with van der Waals surface area (Å²) in [4.78, 5) is 13.8. The molecule has 3 N–H and O–H groups in total. The molecule has 1 atom stereocenters. The standard InChI is InChI=1S/C11H21N3O/c1-11(10(12)15)4-7-14(8-11)9-2-5-13-6-3-9/h9,13H,2-8H2,1H3,(H2,12,15). The zero-order chi connectivity index (χ0) is 10.9. The van der Waals surface area contributed by atoms with Crippen molar-refractivity contribution in [2.45, 2.75) is 32.2 Å². The highest BCUT2D eigenvalue weighted by atomic mass is 16.1. The summed E-state index contributed by atoms with van der Waals surface area (Å²) in [5, 5.41) is 3.36. The van der Waals surface area contributed by atoms with Crippen molar-refractivity contribution in [1.82, 2.24) is 10.2 Å². The molecule has 1 unspecified atom stereocenters. The minimum atomic E-state index is -0.287. The fourth-order valence-corrected chi connectivity index (χ4v) is 2.68. The molecule has 0 spiro atoms. The summed E-state index contributed by atoms with van der Waals surface area (Å²) in [5.41, 5.74) is 5.16. The fourth-order valence-electron chi connectivity index (χ4n) is 2.68. The molecule has 0 saturated carbocycles. The van der Waals surface area contributed by atoms with Crippen molar-refractivity contribution in [2.24, 2.45) is 11.1 Å². The molecule has 2 aliphatic rings. The first-order chi connectivity index (χ1) is 7.12. The lowest BCUT2D eigenvalue weighted by atomic mass is 9.89. The van der Waals surface area contributed by atoms with Crippen LogP contribution in [0.5, 0.6) is 0 Å². The molecule has 0 bridgehead atoms. The topological polar surface area (TPSA) is 58.4 Å². The van der Waals surface area contributed by atoms with Crippen molar-refractivity contribution in [3.63, 3.8) is 0 Å². The number of nitrogens with zero attached hydrogens (tertiary/aromatic N) is 1. The van der Waals surface area contributed by atoms with Crippen LogP contribution in [-0.4, -0.2) is 43.0 Å². The predicted molar refractivity (Wildman–Crippen MR) is 59.4 cm³/mol. The summed E-state index contributed by atoms with van der Waals surface area (Å²) in [6.07, 6.45) is 3.33. The number of carbonyl (C=O) groups excluding carboxylic acids is 1. The largest absolute Gasteiger partial charge is 0.369 e. The summed E-state index contributed by atoms with van der Waals surface area (Å²) in [6, 6.07) is 0.660. The number of primary amides is 1. The highest BCUT2D eigenvalue weighted by Gasteiger charge is 2.41. The van der Waals surface area contributed by atoms with E-state index in [2.05, 4.69) is 10.2 Å². The minimum Gasteiger partial charge on any atom is -0.369 e.